The van der Waals surface area contributed by atoms with E-state index in [2.05, 4.69) is 20.4 Å². The fourth-order valence-corrected chi connectivity index (χ4v) is 2.28. The Balaban J connectivity index is 2.10. The van der Waals surface area contributed by atoms with E-state index in [1.165, 1.54) is 16.9 Å². The number of hydrogen-bond donors (Lipinski definition) is 1. The van der Waals surface area contributed by atoms with Crippen molar-refractivity contribution in [2.75, 3.05) is 5.32 Å². The summed E-state index contributed by atoms with van der Waals surface area (Å²) in [6, 6.07) is 6.39. The third-order valence-electron chi connectivity index (χ3n) is 2.43. The number of aromatic nitrogens is 4. The van der Waals surface area contributed by atoms with Crippen molar-refractivity contribution in [2.45, 2.75) is 0 Å². The fraction of sp³-hybridized carbons (Fsp3) is 0. The Hall–Kier alpha value is -1.48. The van der Waals surface area contributed by atoms with E-state index in [0.717, 1.165) is 0 Å². The molecule has 0 bridgehead atoms. The van der Waals surface area contributed by atoms with Crippen LogP contribution < -0.4 is 5.32 Å². The summed E-state index contributed by atoms with van der Waals surface area (Å²) in [7, 11) is 0. The third-order valence-corrected chi connectivity index (χ3v) is 3.72. The monoisotopic (exact) mass is 389 g/mol. The number of anilines is 2. The summed E-state index contributed by atoms with van der Waals surface area (Å²) in [5.41, 5.74) is 0.625. The average Bonchev–Trinajstić information content (AvgIpc) is 2.83. The zero-order valence-electron chi connectivity index (χ0n) is 9.31. The first-order valence-electron chi connectivity index (χ1n) is 5.22. The highest BCUT2D eigenvalue weighted by atomic mass is 127. The Morgan fingerprint density at radius 3 is 3.05 bits per heavy atom. The van der Waals surface area contributed by atoms with Crippen molar-refractivity contribution in [3.63, 3.8) is 0 Å². The van der Waals surface area contributed by atoms with Gasteiger partial charge in [0.25, 0.3) is 5.78 Å². The van der Waals surface area contributed by atoms with Crippen molar-refractivity contribution in [3.05, 3.63) is 45.1 Å². The number of benzene rings is 1. The second kappa shape index (κ2) is 4.89. The molecular formula is C11H6ClFIN5. The van der Waals surface area contributed by atoms with E-state index < -0.39 is 0 Å². The van der Waals surface area contributed by atoms with E-state index in [0.29, 0.717) is 20.9 Å². The molecule has 0 saturated carbocycles. The minimum atomic E-state index is -0.291. The van der Waals surface area contributed by atoms with Crippen molar-refractivity contribution >= 4 is 51.5 Å². The van der Waals surface area contributed by atoms with Crippen LogP contribution in [-0.4, -0.2) is 19.6 Å². The van der Waals surface area contributed by atoms with Crippen molar-refractivity contribution in [3.8, 4) is 0 Å². The molecule has 1 aromatic carbocycles. The van der Waals surface area contributed by atoms with Crippen LogP contribution >= 0.6 is 34.2 Å². The first-order chi connectivity index (χ1) is 9.15. The van der Waals surface area contributed by atoms with Gasteiger partial charge < -0.3 is 5.32 Å². The quantitative estimate of drug-likeness (QED) is 0.540. The van der Waals surface area contributed by atoms with Gasteiger partial charge in [0.1, 0.15) is 23.1 Å². The second-order valence-corrected chi connectivity index (χ2v) is 5.13. The maximum atomic E-state index is 13.5. The Kier molecular flexibility index (Phi) is 3.23. The van der Waals surface area contributed by atoms with Crippen molar-refractivity contribution in [2.24, 2.45) is 0 Å². The third kappa shape index (κ3) is 2.35. The molecule has 96 valence electrons. The van der Waals surface area contributed by atoms with Gasteiger partial charge in [-0.25, -0.2) is 4.39 Å². The summed E-state index contributed by atoms with van der Waals surface area (Å²) < 4.78 is 15.5. The van der Waals surface area contributed by atoms with Crippen LogP contribution in [0.1, 0.15) is 0 Å². The van der Waals surface area contributed by atoms with Gasteiger partial charge in [0, 0.05) is 6.07 Å². The predicted octanol–water partition coefficient (Wildman–Crippen LogP) is 3.27. The fourth-order valence-electron chi connectivity index (χ4n) is 1.61. The van der Waals surface area contributed by atoms with Gasteiger partial charge >= 0.3 is 0 Å². The van der Waals surface area contributed by atoms with E-state index >= 15 is 0 Å². The summed E-state index contributed by atoms with van der Waals surface area (Å²) in [4.78, 5) is 7.98. The molecule has 19 heavy (non-hydrogen) atoms. The van der Waals surface area contributed by atoms with Crippen LogP contribution in [-0.2, 0) is 0 Å². The van der Waals surface area contributed by atoms with Crippen molar-refractivity contribution < 1.29 is 4.39 Å². The molecule has 0 atom stereocenters. The molecule has 8 heteroatoms. The number of hydrogen-bond acceptors (Lipinski definition) is 4. The Morgan fingerprint density at radius 2 is 2.21 bits per heavy atom. The van der Waals surface area contributed by atoms with Crippen LogP contribution in [0, 0.1) is 9.39 Å². The summed E-state index contributed by atoms with van der Waals surface area (Å²) in [5.74, 6) is 0.651. The molecule has 0 amide bonds. The summed E-state index contributed by atoms with van der Waals surface area (Å²) in [5, 5.41) is 7.39. The van der Waals surface area contributed by atoms with Crippen LogP contribution in [0.25, 0.3) is 5.78 Å². The van der Waals surface area contributed by atoms with E-state index in [4.69, 9.17) is 11.6 Å². The predicted molar refractivity (Wildman–Crippen MR) is 78.2 cm³/mol. The van der Waals surface area contributed by atoms with Crippen molar-refractivity contribution in [1.29, 1.82) is 0 Å². The molecule has 0 fully saturated rings. The molecule has 1 N–H and O–H groups in total. The molecule has 0 aliphatic rings. The molecule has 0 spiro atoms. The minimum Gasteiger partial charge on any atom is -0.339 e. The van der Waals surface area contributed by atoms with E-state index in [1.807, 2.05) is 22.6 Å². The zero-order chi connectivity index (χ0) is 13.4. The van der Waals surface area contributed by atoms with Gasteiger partial charge in [-0.15, -0.1) is 0 Å². The highest BCUT2D eigenvalue weighted by Crippen LogP contribution is 2.25. The van der Waals surface area contributed by atoms with Gasteiger partial charge in [0.05, 0.1) is 9.26 Å². The molecular weight excluding hydrogens is 384 g/mol. The van der Waals surface area contributed by atoms with Gasteiger partial charge in [0.15, 0.2) is 0 Å². The number of nitrogens with zero attached hydrogens (tertiary/aromatic N) is 4. The molecule has 3 aromatic rings. The summed E-state index contributed by atoms with van der Waals surface area (Å²) in [6.45, 7) is 0. The maximum Gasteiger partial charge on any atom is 0.255 e. The highest BCUT2D eigenvalue weighted by Gasteiger charge is 2.10. The lowest BCUT2D eigenvalue weighted by molar-refractivity contribution is 0.621. The van der Waals surface area contributed by atoms with Gasteiger partial charge in [0.2, 0.25) is 0 Å². The van der Waals surface area contributed by atoms with Gasteiger partial charge in [-0.05, 0) is 34.7 Å². The highest BCUT2D eigenvalue weighted by molar-refractivity contribution is 14.1. The lowest BCUT2D eigenvalue weighted by Crippen LogP contribution is -2.03. The molecule has 0 aliphatic heterocycles. The van der Waals surface area contributed by atoms with E-state index in [1.54, 1.807) is 18.2 Å². The maximum absolute atomic E-state index is 13.5. The minimum absolute atomic E-state index is 0.286. The molecule has 5 nitrogen and oxygen atoms in total. The normalized spacial score (nSPS) is 10.9. The number of nitrogens with one attached hydrogen (secondary N) is 1. The second-order valence-electron chi connectivity index (χ2n) is 3.66. The molecule has 2 aromatic heterocycles. The molecule has 0 unspecified atom stereocenters. The van der Waals surface area contributed by atoms with Gasteiger partial charge in [-0.1, -0.05) is 17.7 Å². The smallest absolute Gasteiger partial charge is 0.255 e. The first-order valence-corrected chi connectivity index (χ1v) is 6.68. The van der Waals surface area contributed by atoms with E-state index in [-0.39, 0.29) is 11.0 Å². The first kappa shape index (κ1) is 12.5. The Labute approximate surface area is 126 Å². The standard InChI is InChI=1S/C11H6ClFIN5/c12-8-4-9(19-11(18-8)15-5-16-19)17-7-3-1-2-6(13)10(7)14/h1-5,17H. The van der Waals surface area contributed by atoms with Crippen LogP contribution in [0.15, 0.2) is 30.6 Å². The lowest BCUT2D eigenvalue weighted by Gasteiger charge is -2.10. The molecule has 0 saturated heterocycles. The number of halogens is 3. The Bertz CT molecular complexity index is 760. The largest absolute Gasteiger partial charge is 0.339 e. The van der Waals surface area contributed by atoms with Crippen LogP contribution in [0.2, 0.25) is 5.15 Å². The van der Waals surface area contributed by atoms with Gasteiger partial charge in [-0.2, -0.15) is 19.6 Å². The molecule has 2 heterocycles. The van der Waals surface area contributed by atoms with Crippen LogP contribution in [0.4, 0.5) is 15.9 Å². The van der Waals surface area contributed by atoms with Crippen LogP contribution in [0.5, 0.6) is 0 Å². The Morgan fingerprint density at radius 1 is 1.37 bits per heavy atom. The summed E-state index contributed by atoms with van der Waals surface area (Å²) in [6.07, 6.45) is 1.38. The topological polar surface area (TPSA) is 55.1 Å². The van der Waals surface area contributed by atoms with Gasteiger partial charge in [-0.3, -0.25) is 0 Å². The zero-order valence-corrected chi connectivity index (χ0v) is 12.2. The van der Waals surface area contributed by atoms with Crippen LogP contribution in [0.3, 0.4) is 0 Å². The SMILES string of the molecule is Fc1cccc(Nc2cc(Cl)nc3ncnn23)c1I. The van der Waals surface area contributed by atoms with Crippen molar-refractivity contribution in [1.82, 2.24) is 19.6 Å². The number of fused-ring (bicyclic) bond motifs is 1. The number of rotatable bonds is 2. The van der Waals surface area contributed by atoms with E-state index in [9.17, 15) is 4.39 Å². The summed E-state index contributed by atoms with van der Waals surface area (Å²) >= 11 is 7.84. The average molecular weight is 390 g/mol. The molecule has 0 radical (unpaired) electrons. The molecule has 0 aliphatic carbocycles. The lowest BCUT2D eigenvalue weighted by atomic mass is 10.3. The molecule has 3 rings (SSSR count).